The number of rotatable bonds is 2. The Balaban J connectivity index is 2.14. The third kappa shape index (κ3) is 2.68. The number of aryl methyl sites for hydroxylation is 1. The van der Waals surface area contributed by atoms with E-state index in [4.69, 9.17) is 11.6 Å². The van der Waals surface area contributed by atoms with Crippen LogP contribution in [-0.2, 0) is 0 Å². The van der Waals surface area contributed by atoms with E-state index in [1.807, 2.05) is 13.0 Å². The van der Waals surface area contributed by atoms with Gasteiger partial charge in [0, 0.05) is 12.1 Å². The van der Waals surface area contributed by atoms with Crippen molar-refractivity contribution in [3.63, 3.8) is 0 Å². The molecule has 1 heterocycles. The van der Waals surface area contributed by atoms with Gasteiger partial charge in [0.2, 0.25) is 0 Å². The van der Waals surface area contributed by atoms with Gasteiger partial charge in [-0.1, -0.05) is 6.92 Å². The standard InChI is InChI=1S/C17H22ClFN2/c1-10-4-6-13(7-5-10)21-16-8-11(2)14(19)9-15(16)20-17(21)12(3)18/h8-10,12-13H,4-7H2,1-3H3. The Hall–Kier alpha value is -1.09. The summed E-state index contributed by atoms with van der Waals surface area (Å²) in [6.07, 6.45) is 4.78. The maximum absolute atomic E-state index is 13.8. The number of halogens is 2. The van der Waals surface area contributed by atoms with E-state index in [9.17, 15) is 4.39 Å². The number of fused-ring (bicyclic) bond motifs is 1. The topological polar surface area (TPSA) is 17.8 Å². The van der Waals surface area contributed by atoms with E-state index >= 15 is 0 Å². The van der Waals surface area contributed by atoms with Gasteiger partial charge in [-0.15, -0.1) is 11.6 Å². The summed E-state index contributed by atoms with van der Waals surface area (Å²) in [5, 5.41) is -0.167. The smallest absolute Gasteiger partial charge is 0.128 e. The largest absolute Gasteiger partial charge is 0.324 e. The lowest BCUT2D eigenvalue weighted by molar-refractivity contribution is 0.289. The highest BCUT2D eigenvalue weighted by Crippen LogP contribution is 2.37. The van der Waals surface area contributed by atoms with Crippen molar-refractivity contribution in [3.05, 3.63) is 29.3 Å². The first-order valence-electron chi connectivity index (χ1n) is 7.79. The molecule has 4 heteroatoms. The highest BCUT2D eigenvalue weighted by atomic mass is 35.5. The van der Waals surface area contributed by atoms with Gasteiger partial charge in [0.1, 0.15) is 11.6 Å². The lowest BCUT2D eigenvalue weighted by atomic mass is 9.87. The van der Waals surface area contributed by atoms with Crippen LogP contribution >= 0.6 is 11.6 Å². The summed E-state index contributed by atoms with van der Waals surface area (Å²) in [6.45, 7) is 6.06. The van der Waals surface area contributed by atoms with Crippen LogP contribution in [0.3, 0.4) is 0 Å². The maximum Gasteiger partial charge on any atom is 0.128 e. The summed E-state index contributed by atoms with van der Waals surface area (Å²) in [7, 11) is 0. The molecule has 0 N–H and O–H groups in total. The molecule has 1 fully saturated rings. The zero-order valence-corrected chi connectivity index (χ0v) is 13.6. The minimum atomic E-state index is -0.196. The molecule has 1 atom stereocenters. The first-order chi connectivity index (χ1) is 9.97. The molecule has 0 saturated heterocycles. The number of alkyl halides is 1. The van der Waals surface area contributed by atoms with Crippen molar-refractivity contribution >= 4 is 22.6 Å². The van der Waals surface area contributed by atoms with Crippen molar-refractivity contribution in [2.75, 3.05) is 0 Å². The Kier molecular flexibility index (Phi) is 3.96. The van der Waals surface area contributed by atoms with Gasteiger partial charge in [0.15, 0.2) is 0 Å². The molecule has 1 aliphatic carbocycles. The monoisotopic (exact) mass is 308 g/mol. The molecule has 0 bridgehead atoms. The maximum atomic E-state index is 13.8. The van der Waals surface area contributed by atoms with Crippen LogP contribution in [0.2, 0.25) is 0 Å². The zero-order chi connectivity index (χ0) is 15.1. The summed E-state index contributed by atoms with van der Waals surface area (Å²) in [5.74, 6) is 1.47. The fraction of sp³-hybridized carbons (Fsp3) is 0.588. The lowest BCUT2D eigenvalue weighted by Crippen LogP contribution is -2.19. The molecule has 1 saturated carbocycles. The van der Waals surface area contributed by atoms with E-state index in [2.05, 4.69) is 16.5 Å². The normalized spacial score (nSPS) is 24.4. The highest BCUT2D eigenvalue weighted by molar-refractivity contribution is 6.20. The van der Waals surface area contributed by atoms with Crippen LogP contribution in [0.25, 0.3) is 11.0 Å². The third-order valence-electron chi connectivity index (χ3n) is 4.70. The molecule has 0 aliphatic heterocycles. The molecular formula is C17H22ClFN2. The van der Waals surface area contributed by atoms with Gasteiger partial charge in [-0.2, -0.15) is 0 Å². The van der Waals surface area contributed by atoms with Crippen molar-refractivity contribution in [1.29, 1.82) is 0 Å². The van der Waals surface area contributed by atoms with E-state index in [1.165, 1.54) is 18.9 Å². The van der Waals surface area contributed by atoms with Crippen LogP contribution < -0.4 is 0 Å². The van der Waals surface area contributed by atoms with Crippen LogP contribution in [0.4, 0.5) is 4.39 Å². The van der Waals surface area contributed by atoms with Gasteiger partial charge in [-0.3, -0.25) is 0 Å². The SMILES string of the molecule is Cc1cc2c(cc1F)nc(C(C)Cl)n2C1CCC(C)CC1. The molecule has 0 spiro atoms. The molecular weight excluding hydrogens is 287 g/mol. The van der Waals surface area contributed by atoms with Crippen molar-refractivity contribution in [2.45, 2.75) is 57.9 Å². The predicted molar refractivity (Wildman–Crippen MR) is 85.4 cm³/mol. The molecule has 1 aromatic carbocycles. The van der Waals surface area contributed by atoms with Gasteiger partial charge >= 0.3 is 0 Å². The summed E-state index contributed by atoms with van der Waals surface area (Å²) in [5.41, 5.74) is 2.41. The molecule has 3 rings (SSSR count). The van der Waals surface area contributed by atoms with Crippen LogP contribution in [0.5, 0.6) is 0 Å². The van der Waals surface area contributed by atoms with Gasteiger partial charge in [0.05, 0.1) is 16.4 Å². The number of hydrogen-bond donors (Lipinski definition) is 0. The molecule has 1 aliphatic rings. The summed E-state index contributed by atoms with van der Waals surface area (Å²) in [4.78, 5) is 4.60. The zero-order valence-electron chi connectivity index (χ0n) is 12.9. The quantitative estimate of drug-likeness (QED) is 0.666. The minimum absolute atomic E-state index is 0.167. The van der Waals surface area contributed by atoms with E-state index in [1.54, 1.807) is 6.92 Å². The fourth-order valence-corrected chi connectivity index (χ4v) is 3.56. The van der Waals surface area contributed by atoms with Crippen LogP contribution in [0.15, 0.2) is 12.1 Å². The van der Waals surface area contributed by atoms with E-state index in [0.717, 1.165) is 35.6 Å². The predicted octanol–water partition coefficient (Wildman–Crippen LogP) is 5.53. The van der Waals surface area contributed by atoms with E-state index < -0.39 is 0 Å². The first kappa shape index (κ1) is 14.8. The van der Waals surface area contributed by atoms with Crippen molar-refractivity contribution in [3.8, 4) is 0 Å². The minimum Gasteiger partial charge on any atom is -0.324 e. The first-order valence-corrected chi connectivity index (χ1v) is 8.23. The second-order valence-electron chi connectivity index (χ2n) is 6.46. The Morgan fingerprint density at radius 3 is 2.57 bits per heavy atom. The van der Waals surface area contributed by atoms with Gasteiger partial charge < -0.3 is 4.57 Å². The molecule has 21 heavy (non-hydrogen) atoms. The summed E-state index contributed by atoms with van der Waals surface area (Å²) in [6, 6.07) is 3.89. The number of imidazole rings is 1. The van der Waals surface area contributed by atoms with Crippen LogP contribution in [0, 0.1) is 18.7 Å². The molecule has 1 aromatic heterocycles. The van der Waals surface area contributed by atoms with E-state index in [0.29, 0.717) is 11.6 Å². The van der Waals surface area contributed by atoms with E-state index in [-0.39, 0.29) is 11.2 Å². The number of nitrogens with zero attached hydrogens (tertiary/aromatic N) is 2. The van der Waals surface area contributed by atoms with Gasteiger partial charge in [-0.05, 0) is 57.1 Å². The van der Waals surface area contributed by atoms with Crippen LogP contribution in [0.1, 0.15) is 62.3 Å². The number of benzene rings is 1. The Morgan fingerprint density at radius 1 is 1.29 bits per heavy atom. The number of aromatic nitrogens is 2. The lowest BCUT2D eigenvalue weighted by Gasteiger charge is -2.29. The summed E-state index contributed by atoms with van der Waals surface area (Å²) >= 11 is 6.33. The molecule has 1 unspecified atom stereocenters. The fourth-order valence-electron chi connectivity index (χ4n) is 3.40. The third-order valence-corrected chi connectivity index (χ3v) is 4.90. The average molecular weight is 309 g/mol. The second kappa shape index (κ2) is 5.60. The van der Waals surface area contributed by atoms with Crippen molar-refractivity contribution in [2.24, 2.45) is 5.92 Å². The van der Waals surface area contributed by atoms with Crippen molar-refractivity contribution in [1.82, 2.24) is 9.55 Å². The summed E-state index contributed by atoms with van der Waals surface area (Å²) < 4.78 is 16.1. The Morgan fingerprint density at radius 2 is 1.95 bits per heavy atom. The highest BCUT2D eigenvalue weighted by Gasteiger charge is 2.25. The second-order valence-corrected chi connectivity index (χ2v) is 7.11. The Bertz CT molecular complexity index is 654. The molecule has 2 aromatic rings. The molecule has 114 valence electrons. The average Bonchev–Trinajstić information content (AvgIpc) is 2.79. The molecule has 2 nitrogen and oxygen atoms in total. The number of hydrogen-bond acceptors (Lipinski definition) is 1. The van der Waals surface area contributed by atoms with Crippen LogP contribution in [-0.4, -0.2) is 9.55 Å². The van der Waals surface area contributed by atoms with Gasteiger partial charge in [0.25, 0.3) is 0 Å². The molecule has 0 amide bonds. The Labute approximate surface area is 130 Å². The molecule has 0 radical (unpaired) electrons. The van der Waals surface area contributed by atoms with Crippen molar-refractivity contribution < 1.29 is 4.39 Å². The van der Waals surface area contributed by atoms with Gasteiger partial charge in [-0.25, -0.2) is 9.37 Å².